The first kappa shape index (κ1) is 21.2. The molecule has 0 aromatic heterocycles. The maximum Gasteiger partial charge on any atom is 0.429 e. The summed E-state index contributed by atoms with van der Waals surface area (Å²) in [6.45, 7) is -0.992. The maximum atomic E-state index is 12.8. The average Bonchev–Trinajstić information content (AvgIpc) is 3.14. The summed E-state index contributed by atoms with van der Waals surface area (Å²) in [5, 5.41) is 2.27. The molecule has 5 aliphatic rings. The highest BCUT2D eigenvalue weighted by molar-refractivity contribution is 6.68. The van der Waals surface area contributed by atoms with Gasteiger partial charge in [0.15, 0.2) is 0 Å². The van der Waals surface area contributed by atoms with E-state index < -0.39 is 56.3 Å². The van der Waals surface area contributed by atoms with Crippen LogP contribution < -0.4 is 0 Å². The van der Waals surface area contributed by atoms with E-state index in [1.54, 1.807) is 0 Å². The number of halogens is 6. The minimum Gasteiger partial charge on any atom is -0.444 e. The van der Waals surface area contributed by atoms with E-state index in [9.17, 15) is 9.59 Å². The molecule has 156 valence electrons. The summed E-state index contributed by atoms with van der Waals surface area (Å²) in [6, 6.07) is -1.13. The van der Waals surface area contributed by atoms with Crippen molar-refractivity contribution in [3.63, 3.8) is 0 Å². The highest BCUT2D eigenvalue weighted by Crippen LogP contribution is 2.69. The van der Waals surface area contributed by atoms with Crippen molar-refractivity contribution < 1.29 is 23.8 Å². The number of carbonyl (C=O) groups is 2. The Bertz CT molecular complexity index is 681. The van der Waals surface area contributed by atoms with Crippen molar-refractivity contribution in [2.45, 2.75) is 50.1 Å². The van der Waals surface area contributed by atoms with Crippen LogP contribution in [0.3, 0.4) is 0 Å². The van der Waals surface area contributed by atoms with E-state index in [0.29, 0.717) is 0 Å². The van der Waals surface area contributed by atoms with Gasteiger partial charge in [-0.1, -0.05) is 81.8 Å². The normalized spacial score (nSPS) is 35.5. The molecule has 5 rings (SSSR count). The quantitative estimate of drug-likeness (QED) is 0.307. The summed E-state index contributed by atoms with van der Waals surface area (Å²) in [5.41, 5.74) is -1.12. The zero-order valence-corrected chi connectivity index (χ0v) is 18.6. The number of amides is 2. The molecular weight excluding hydrogens is 501 g/mol. The van der Waals surface area contributed by atoms with Gasteiger partial charge in [0.05, 0.1) is 0 Å². The second kappa shape index (κ2) is 6.74. The Kier molecular flexibility index (Phi) is 5.11. The van der Waals surface area contributed by atoms with Gasteiger partial charge in [-0.2, -0.15) is 0 Å². The van der Waals surface area contributed by atoms with Crippen molar-refractivity contribution in [1.82, 2.24) is 10.0 Å². The number of carbonyl (C=O) groups excluding carboxylic acids is 2. The monoisotopic (exact) mass is 512 g/mol. The number of epoxide rings is 1. The second-order valence-electron chi connectivity index (χ2n) is 7.04. The van der Waals surface area contributed by atoms with Crippen LogP contribution >= 0.6 is 69.6 Å². The Morgan fingerprint density at radius 3 is 1.64 bits per heavy atom. The number of fused-ring (bicyclic) bond motifs is 1. The third kappa shape index (κ3) is 3.31. The van der Waals surface area contributed by atoms with Gasteiger partial charge < -0.3 is 14.2 Å². The lowest BCUT2D eigenvalue weighted by Crippen LogP contribution is -2.71. The topological polar surface area (TPSA) is 71.6 Å². The van der Waals surface area contributed by atoms with Gasteiger partial charge in [-0.3, -0.25) is 0 Å². The molecule has 0 N–H and O–H groups in total. The Hall–Kier alpha value is -0.0200. The SMILES string of the molecule is O=C(OCC(Cl)(Cl)Cl)N1[C@H]2C=C[C@@H](N1C(=O)OCC(Cl)(Cl)Cl)[C@]13CCC[C@@]21O3. The lowest BCUT2D eigenvalue weighted by Gasteiger charge is -2.50. The van der Waals surface area contributed by atoms with Gasteiger partial charge in [0.25, 0.3) is 0 Å². The number of alkyl halides is 6. The average molecular weight is 515 g/mol. The summed E-state index contributed by atoms with van der Waals surface area (Å²) >= 11 is 34.0. The molecule has 0 spiro atoms. The van der Waals surface area contributed by atoms with Crippen molar-refractivity contribution >= 4 is 81.8 Å². The van der Waals surface area contributed by atoms with Crippen LogP contribution in [-0.2, 0) is 14.2 Å². The molecule has 3 fully saturated rings. The third-order valence-corrected chi connectivity index (χ3v) is 6.07. The van der Waals surface area contributed by atoms with Gasteiger partial charge in [0, 0.05) is 0 Å². The number of nitrogens with zero attached hydrogens (tertiary/aromatic N) is 2. The first-order valence-corrected chi connectivity index (χ1v) is 10.6. The van der Waals surface area contributed by atoms with Crippen LogP contribution in [0, 0.1) is 0 Å². The minimum absolute atomic E-state index is 0.496. The molecule has 2 aliphatic carbocycles. The van der Waals surface area contributed by atoms with E-state index in [2.05, 4.69) is 0 Å². The number of hydrogen-bond donors (Lipinski definition) is 0. The molecule has 0 unspecified atom stereocenters. The molecule has 13 heteroatoms. The van der Waals surface area contributed by atoms with Gasteiger partial charge in [-0.25, -0.2) is 19.6 Å². The molecule has 2 bridgehead atoms. The van der Waals surface area contributed by atoms with Crippen LogP contribution in [-0.4, -0.2) is 66.3 Å². The van der Waals surface area contributed by atoms with Crippen molar-refractivity contribution in [2.24, 2.45) is 0 Å². The fourth-order valence-corrected chi connectivity index (χ4v) is 4.85. The van der Waals surface area contributed by atoms with Gasteiger partial charge >= 0.3 is 12.2 Å². The van der Waals surface area contributed by atoms with Gasteiger partial charge in [-0.15, -0.1) is 0 Å². The summed E-state index contributed by atoms with van der Waals surface area (Å²) in [5.74, 6) is 0. The Morgan fingerprint density at radius 2 is 1.29 bits per heavy atom. The van der Waals surface area contributed by atoms with Crippen molar-refractivity contribution in [2.75, 3.05) is 13.2 Å². The van der Waals surface area contributed by atoms with Gasteiger partial charge in [0.2, 0.25) is 7.59 Å². The van der Waals surface area contributed by atoms with E-state index in [1.807, 2.05) is 12.2 Å². The summed E-state index contributed by atoms with van der Waals surface area (Å²) < 4.78 is 12.7. The van der Waals surface area contributed by atoms with Crippen LogP contribution in [0.25, 0.3) is 0 Å². The molecule has 0 radical (unpaired) electrons. The van der Waals surface area contributed by atoms with E-state index in [1.165, 1.54) is 0 Å². The molecule has 2 amide bonds. The first-order valence-electron chi connectivity index (χ1n) is 8.34. The molecular formula is C15H14Cl6N2O5. The van der Waals surface area contributed by atoms with Crippen molar-refractivity contribution in [3.8, 4) is 0 Å². The van der Waals surface area contributed by atoms with Crippen LogP contribution in [0.1, 0.15) is 19.3 Å². The molecule has 4 atom stereocenters. The Morgan fingerprint density at radius 1 is 0.893 bits per heavy atom. The molecule has 28 heavy (non-hydrogen) atoms. The summed E-state index contributed by atoms with van der Waals surface area (Å²) in [4.78, 5) is 25.6. The van der Waals surface area contributed by atoms with Gasteiger partial charge in [0.1, 0.15) is 36.5 Å². The zero-order valence-electron chi connectivity index (χ0n) is 14.0. The van der Waals surface area contributed by atoms with Crippen LogP contribution in [0.15, 0.2) is 12.2 Å². The number of hydrogen-bond acceptors (Lipinski definition) is 5. The standard InChI is InChI=1S/C15H14Cl6N2O5/c16-14(17,18)6-26-10(24)22-8-2-3-9(13-5-1-4-12(8,13)28-13)23(22)11(25)27-7-15(19,20)21/h2-3,8-9H,1,4-7H2/t8-,9+,12-,13-/m1/s1. The highest BCUT2D eigenvalue weighted by Gasteiger charge is 2.85. The van der Waals surface area contributed by atoms with Crippen molar-refractivity contribution in [3.05, 3.63) is 12.2 Å². The van der Waals surface area contributed by atoms with Crippen LogP contribution in [0.5, 0.6) is 0 Å². The van der Waals surface area contributed by atoms with Crippen LogP contribution in [0.2, 0.25) is 0 Å². The van der Waals surface area contributed by atoms with E-state index in [-0.39, 0.29) is 0 Å². The fourth-order valence-electron chi connectivity index (χ4n) is 4.53. The molecule has 1 saturated carbocycles. The summed E-state index contributed by atoms with van der Waals surface area (Å²) in [6.07, 6.45) is 4.30. The maximum absolute atomic E-state index is 12.8. The molecule has 0 aromatic carbocycles. The Balaban J connectivity index is 1.61. The predicted molar refractivity (Wildman–Crippen MR) is 104 cm³/mol. The smallest absolute Gasteiger partial charge is 0.429 e. The second-order valence-corrected chi connectivity index (χ2v) is 12.1. The lowest BCUT2D eigenvalue weighted by molar-refractivity contribution is -0.0881. The predicted octanol–water partition coefficient (Wildman–Crippen LogP) is 4.53. The van der Waals surface area contributed by atoms with E-state index in [0.717, 1.165) is 29.3 Å². The lowest BCUT2D eigenvalue weighted by atomic mass is 9.76. The fraction of sp³-hybridized carbons (Fsp3) is 0.733. The van der Waals surface area contributed by atoms with E-state index >= 15 is 0 Å². The molecule has 2 saturated heterocycles. The Labute approximate surface area is 190 Å². The molecule has 3 heterocycles. The molecule has 7 nitrogen and oxygen atoms in total. The van der Waals surface area contributed by atoms with Gasteiger partial charge in [-0.05, 0) is 19.3 Å². The van der Waals surface area contributed by atoms with Crippen molar-refractivity contribution in [1.29, 1.82) is 0 Å². The largest absolute Gasteiger partial charge is 0.444 e. The first-order chi connectivity index (χ1) is 12.9. The van der Waals surface area contributed by atoms with Crippen LogP contribution in [0.4, 0.5) is 9.59 Å². The molecule has 3 aliphatic heterocycles. The molecule has 0 aromatic rings. The zero-order chi connectivity index (χ0) is 20.5. The minimum atomic E-state index is -1.80. The number of rotatable bonds is 2. The highest BCUT2D eigenvalue weighted by atomic mass is 35.6. The summed E-state index contributed by atoms with van der Waals surface area (Å²) in [7, 11) is 0. The number of ether oxygens (including phenoxy) is 3. The third-order valence-electron chi connectivity index (χ3n) is 5.42. The van der Waals surface area contributed by atoms with E-state index in [4.69, 9.17) is 83.8 Å². The number of hydrazine groups is 1.